The molecule has 0 unspecified atom stereocenters. The molecular weight excluding hydrogens is 348 g/mol. The highest BCUT2D eigenvalue weighted by Crippen LogP contribution is 2.18. The Hall–Kier alpha value is -2.33. The van der Waals surface area contributed by atoms with E-state index in [1.807, 2.05) is 50.2 Å². The molecule has 1 N–H and O–H groups in total. The quantitative estimate of drug-likeness (QED) is 0.773. The highest BCUT2D eigenvalue weighted by Gasteiger charge is 2.16. The molecule has 1 heterocycles. The van der Waals surface area contributed by atoms with E-state index in [2.05, 4.69) is 29.3 Å². The molecule has 2 aromatic rings. The maximum Gasteiger partial charge on any atom is 0.251 e. The van der Waals surface area contributed by atoms with Crippen LogP contribution in [0.4, 0.5) is 0 Å². The van der Waals surface area contributed by atoms with Gasteiger partial charge in [0.1, 0.15) is 12.4 Å². The number of carbonyl (C=O) groups is 1. The van der Waals surface area contributed by atoms with Crippen LogP contribution in [0.2, 0.25) is 0 Å². The fraction of sp³-hybridized carbons (Fsp3) is 0.458. The smallest absolute Gasteiger partial charge is 0.251 e. The van der Waals surface area contributed by atoms with Crippen LogP contribution in [-0.2, 0) is 6.54 Å². The summed E-state index contributed by atoms with van der Waals surface area (Å²) in [7, 11) is 0. The number of hydrogen-bond acceptors (Lipinski definition) is 3. The summed E-state index contributed by atoms with van der Waals surface area (Å²) in [5, 5.41) is 3.01. The van der Waals surface area contributed by atoms with Gasteiger partial charge in [-0.25, -0.2) is 0 Å². The molecule has 0 aromatic heterocycles. The SMILES string of the molecule is Cc1ccc(OC[C@@H](C)NC(=O)c2ccc(CN3CCC(C)CC3)cc2)cc1. The first-order chi connectivity index (χ1) is 13.5. The zero-order valence-corrected chi connectivity index (χ0v) is 17.3. The summed E-state index contributed by atoms with van der Waals surface area (Å²) < 4.78 is 5.75. The van der Waals surface area contributed by atoms with E-state index in [4.69, 9.17) is 4.74 Å². The van der Waals surface area contributed by atoms with E-state index in [1.165, 1.54) is 37.1 Å². The van der Waals surface area contributed by atoms with Crippen LogP contribution >= 0.6 is 0 Å². The van der Waals surface area contributed by atoms with Gasteiger partial charge in [0.25, 0.3) is 5.91 Å². The molecule has 2 aromatic carbocycles. The number of nitrogens with zero attached hydrogens (tertiary/aromatic N) is 1. The van der Waals surface area contributed by atoms with Gasteiger partial charge in [-0.2, -0.15) is 0 Å². The minimum Gasteiger partial charge on any atom is -0.491 e. The standard InChI is InChI=1S/C24H32N2O2/c1-18-4-10-23(11-5-18)28-17-20(3)25-24(27)22-8-6-21(7-9-22)16-26-14-12-19(2)13-15-26/h4-11,19-20H,12-17H2,1-3H3,(H,25,27)/t20-/m1/s1. The molecule has 3 rings (SSSR count). The van der Waals surface area contributed by atoms with E-state index in [9.17, 15) is 4.79 Å². The zero-order chi connectivity index (χ0) is 19.9. The van der Waals surface area contributed by atoms with Gasteiger partial charge in [-0.05, 0) is 75.5 Å². The predicted molar refractivity (Wildman–Crippen MR) is 114 cm³/mol. The fourth-order valence-corrected chi connectivity index (χ4v) is 3.44. The van der Waals surface area contributed by atoms with Crippen molar-refractivity contribution in [3.8, 4) is 5.75 Å². The van der Waals surface area contributed by atoms with Crippen LogP contribution in [-0.4, -0.2) is 36.5 Å². The molecule has 0 aliphatic carbocycles. The van der Waals surface area contributed by atoms with E-state index >= 15 is 0 Å². The summed E-state index contributed by atoms with van der Waals surface area (Å²) >= 11 is 0. The number of piperidine rings is 1. The number of benzene rings is 2. The van der Waals surface area contributed by atoms with E-state index in [0.29, 0.717) is 12.2 Å². The van der Waals surface area contributed by atoms with Crippen molar-refractivity contribution in [2.45, 2.75) is 46.2 Å². The summed E-state index contributed by atoms with van der Waals surface area (Å²) in [5.74, 6) is 1.61. The lowest BCUT2D eigenvalue weighted by Gasteiger charge is -2.30. The molecule has 4 nitrogen and oxygen atoms in total. The van der Waals surface area contributed by atoms with Gasteiger partial charge in [-0.1, -0.05) is 36.8 Å². The Morgan fingerprint density at radius 1 is 1.11 bits per heavy atom. The molecule has 1 aliphatic rings. The van der Waals surface area contributed by atoms with E-state index in [1.54, 1.807) is 0 Å². The van der Waals surface area contributed by atoms with Crippen LogP contribution in [0.3, 0.4) is 0 Å². The Kier molecular flexibility index (Phi) is 7.10. The third kappa shape index (κ3) is 6.10. The lowest BCUT2D eigenvalue weighted by atomic mass is 9.99. The molecule has 150 valence electrons. The topological polar surface area (TPSA) is 41.6 Å². The second kappa shape index (κ2) is 9.74. The number of hydrogen-bond donors (Lipinski definition) is 1. The minimum absolute atomic E-state index is 0.0571. The van der Waals surface area contributed by atoms with Crippen molar-refractivity contribution in [2.75, 3.05) is 19.7 Å². The number of rotatable bonds is 7. The van der Waals surface area contributed by atoms with Crippen molar-refractivity contribution in [1.82, 2.24) is 10.2 Å². The highest BCUT2D eigenvalue weighted by atomic mass is 16.5. The Balaban J connectivity index is 1.45. The number of aryl methyl sites for hydroxylation is 1. The van der Waals surface area contributed by atoms with Gasteiger partial charge >= 0.3 is 0 Å². The summed E-state index contributed by atoms with van der Waals surface area (Å²) in [6, 6.07) is 15.9. The monoisotopic (exact) mass is 380 g/mol. The molecule has 1 fully saturated rings. The van der Waals surface area contributed by atoms with Crippen molar-refractivity contribution in [3.05, 3.63) is 65.2 Å². The van der Waals surface area contributed by atoms with Gasteiger partial charge in [-0.3, -0.25) is 9.69 Å². The molecule has 1 aliphatic heterocycles. The van der Waals surface area contributed by atoms with Crippen LogP contribution in [0.5, 0.6) is 5.75 Å². The molecule has 0 spiro atoms. The second-order valence-electron chi connectivity index (χ2n) is 8.15. The molecule has 0 saturated carbocycles. The summed E-state index contributed by atoms with van der Waals surface area (Å²) in [4.78, 5) is 15.0. The van der Waals surface area contributed by atoms with Crippen molar-refractivity contribution in [1.29, 1.82) is 0 Å². The van der Waals surface area contributed by atoms with Crippen LogP contribution in [0.25, 0.3) is 0 Å². The Morgan fingerprint density at radius 2 is 1.75 bits per heavy atom. The minimum atomic E-state index is -0.0659. The molecule has 1 atom stereocenters. The maximum atomic E-state index is 12.5. The first-order valence-corrected chi connectivity index (χ1v) is 10.3. The third-order valence-corrected chi connectivity index (χ3v) is 5.40. The van der Waals surface area contributed by atoms with Gasteiger partial charge in [0, 0.05) is 12.1 Å². The molecule has 4 heteroatoms. The van der Waals surface area contributed by atoms with Crippen molar-refractivity contribution in [3.63, 3.8) is 0 Å². The normalized spacial score (nSPS) is 16.5. The lowest BCUT2D eigenvalue weighted by molar-refractivity contribution is 0.0926. The van der Waals surface area contributed by atoms with Crippen LogP contribution in [0.15, 0.2) is 48.5 Å². The zero-order valence-electron chi connectivity index (χ0n) is 17.3. The first kappa shape index (κ1) is 20.4. The average molecular weight is 381 g/mol. The average Bonchev–Trinajstić information content (AvgIpc) is 2.70. The number of amides is 1. The van der Waals surface area contributed by atoms with Gasteiger partial charge in [-0.15, -0.1) is 0 Å². The number of ether oxygens (including phenoxy) is 1. The second-order valence-corrected chi connectivity index (χ2v) is 8.15. The molecular formula is C24H32N2O2. The van der Waals surface area contributed by atoms with Gasteiger partial charge < -0.3 is 10.1 Å². The van der Waals surface area contributed by atoms with Crippen LogP contribution in [0, 0.1) is 12.8 Å². The van der Waals surface area contributed by atoms with E-state index in [-0.39, 0.29) is 11.9 Å². The largest absolute Gasteiger partial charge is 0.491 e. The lowest BCUT2D eigenvalue weighted by Crippen LogP contribution is -2.36. The van der Waals surface area contributed by atoms with E-state index < -0.39 is 0 Å². The maximum absolute atomic E-state index is 12.5. The van der Waals surface area contributed by atoms with Crippen molar-refractivity contribution in [2.24, 2.45) is 5.92 Å². The predicted octanol–water partition coefficient (Wildman–Crippen LogP) is 4.42. The summed E-state index contributed by atoms with van der Waals surface area (Å²) in [5.41, 5.74) is 3.16. The number of likely N-dealkylation sites (tertiary alicyclic amines) is 1. The van der Waals surface area contributed by atoms with Gasteiger partial charge in [0.2, 0.25) is 0 Å². The van der Waals surface area contributed by atoms with E-state index in [0.717, 1.165) is 18.2 Å². The molecule has 28 heavy (non-hydrogen) atoms. The Labute approximate surface area is 168 Å². The van der Waals surface area contributed by atoms with Gasteiger partial charge in [0.15, 0.2) is 0 Å². The third-order valence-electron chi connectivity index (χ3n) is 5.40. The molecule has 1 saturated heterocycles. The van der Waals surface area contributed by atoms with Crippen LogP contribution < -0.4 is 10.1 Å². The molecule has 0 radical (unpaired) electrons. The number of nitrogens with one attached hydrogen (secondary N) is 1. The Morgan fingerprint density at radius 3 is 2.39 bits per heavy atom. The summed E-state index contributed by atoms with van der Waals surface area (Å²) in [6.07, 6.45) is 2.56. The molecule has 1 amide bonds. The summed E-state index contributed by atoms with van der Waals surface area (Å²) in [6.45, 7) is 10.1. The van der Waals surface area contributed by atoms with Gasteiger partial charge in [0.05, 0.1) is 6.04 Å². The molecule has 0 bridgehead atoms. The van der Waals surface area contributed by atoms with Crippen molar-refractivity contribution < 1.29 is 9.53 Å². The Bertz CT molecular complexity index is 747. The first-order valence-electron chi connectivity index (χ1n) is 10.3. The fourth-order valence-electron chi connectivity index (χ4n) is 3.44. The highest BCUT2D eigenvalue weighted by molar-refractivity contribution is 5.94. The van der Waals surface area contributed by atoms with Crippen LogP contribution in [0.1, 0.15) is 48.2 Å². The number of carbonyl (C=O) groups excluding carboxylic acids is 1. The van der Waals surface area contributed by atoms with Crippen molar-refractivity contribution >= 4 is 5.91 Å².